The summed E-state index contributed by atoms with van der Waals surface area (Å²) in [5.74, 6) is -1.20. The summed E-state index contributed by atoms with van der Waals surface area (Å²) in [5.41, 5.74) is 1.65. The van der Waals surface area contributed by atoms with Gasteiger partial charge in [0.1, 0.15) is 17.0 Å². The van der Waals surface area contributed by atoms with Crippen LogP contribution in [0.4, 0.5) is 18.9 Å². The van der Waals surface area contributed by atoms with E-state index in [0.29, 0.717) is 36.0 Å². The van der Waals surface area contributed by atoms with Crippen LogP contribution in [0.5, 0.6) is 11.5 Å². The van der Waals surface area contributed by atoms with Crippen LogP contribution >= 0.6 is 11.6 Å². The number of alkyl halides is 3. The molecule has 3 aromatic rings. The SMILES string of the molecule is COC(=O)C1(N(C(=O)C(F)(F)F)c2cccc(Cl)c2)CCC2(CC1)c1cc(OCCCNS(C)(=O)=O)ccc1C[C@@H]2C[C@@H](C)COc1ccnc2c1[C@H](C)CCC2. The molecule has 3 atom stereocenters. The number of aromatic nitrogens is 1. The molecule has 0 aliphatic heterocycles. The molecule has 310 valence electrons. The van der Waals surface area contributed by atoms with Gasteiger partial charge in [0.2, 0.25) is 10.0 Å². The predicted octanol–water partition coefficient (Wildman–Crippen LogP) is 8.09. The summed E-state index contributed by atoms with van der Waals surface area (Å²) >= 11 is 6.23. The van der Waals surface area contributed by atoms with E-state index in [4.69, 9.17) is 25.8 Å². The maximum atomic E-state index is 14.4. The lowest BCUT2D eigenvalue weighted by Crippen LogP contribution is -2.63. The third kappa shape index (κ3) is 9.23. The number of nitrogens with zero attached hydrogens (tertiary/aromatic N) is 2. The number of ether oxygens (including phenoxy) is 3. The number of anilines is 1. The molecule has 1 heterocycles. The molecule has 2 aromatic carbocycles. The predicted molar refractivity (Wildman–Crippen MR) is 211 cm³/mol. The molecule has 0 saturated heterocycles. The molecule has 10 nitrogen and oxygen atoms in total. The first-order valence-corrected chi connectivity index (χ1v) is 21.8. The molecule has 15 heteroatoms. The number of amides is 1. The van der Waals surface area contributed by atoms with Gasteiger partial charge in [-0.1, -0.05) is 37.6 Å². The smallest absolute Gasteiger partial charge is 0.471 e. The topological polar surface area (TPSA) is 124 Å². The summed E-state index contributed by atoms with van der Waals surface area (Å²) in [7, 11) is -2.22. The van der Waals surface area contributed by atoms with Crippen molar-refractivity contribution in [1.29, 1.82) is 0 Å². The number of nitrogens with one attached hydrogen (secondary N) is 1. The van der Waals surface area contributed by atoms with Crippen LogP contribution in [0.25, 0.3) is 0 Å². The van der Waals surface area contributed by atoms with E-state index >= 15 is 0 Å². The number of aryl methyl sites for hydroxylation is 1. The van der Waals surface area contributed by atoms with Gasteiger partial charge >= 0.3 is 18.1 Å². The summed E-state index contributed by atoms with van der Waals surface area (Å²) in [6.45, 7) is 5.26. The van der Waals surface area contributed by atoms with Crippen molar-refractivity contribution in [3.8, 4) is 11.5 Å². The molecule has 0 unspecified atom stereocenters. The number of carbonyl (C=O) groups is 2. The van der Waals surface area contributed by atoms with Gasteiger partial charge in [0.25, 0.3) is 0 Å². The van der Waals surface area contributed by atoms with Crippen molar-refractivity contribution < 1.29 is 45.4 Å². The number of sulfonamides is 1. The quantitative estimate of drug-likeness (QED) is 0.128. The molecule has 1 aromatic heterocycles. The summed E-state index contributed by atoms with van der Waals surface area (Å²) < 4.78 is 86.5. The summed E-state index contributed by atoms with van der Waals surface area (Å²) in [6.07, 6.45) is 2.94. The monoisotopic (exact) mass is 833 g/mol. The molecule has 1 spiro atoms. The van der Waals surface area contributed by atoms with E-state index in [1.807, 2.05) is 24.3 Å². The molecule has 6 rings (SSSR count). The zero-order chi connectivity index (χ0) is 41.2. The Hall–Kier alpha value is -3.88. The number of carbonyl (C=O) groups excluding carboxylic acids is 2. The van der Waals surface area contributed by atoms with Crippen LogP contribution in [0, 0.1) is 11.8 Å². The van der Waals surface area contributed by atoms with Gasteiger partial charge in [-0.15, -0.1) is 0 Å². The molecule has 0 radical (unpaired) electrons. The van der Waals surface area contributed by atoms with Gasteiger partial charge in [-0.2, -0.15) is 13.2 Å². The first-order chi connectivity index (χ1) is 27.0. The molecule has 3 aliphatic carbocycles. The fourth-order valence-electron chi connectivity index (χ4n) is 9.45. The maximum absolute atomic E-state index is 14.4. The average molecular weight is 834 g/mol. The van der Waals surface area contributed by atoms with Crippen molar-refractivity contribution in [2.75, 3.05) is 38.0 Å². The van der Waals surface area contributed by atoms with Gasteiger partial charge in [0, 0.05) is 34.7 Å². The van der Waals surface area contributed by atoms with Gasteiger partial charge in [-0.25, -0.2) is 17.9 Å². The second-order valence-electron chi connectivity index (χ2n) is 16.0. The van der Waals surface area contributed by atoms with E-state index in [2.05, 4.69) is 23.6 Å². The molecule has 3 aliphatic rings. The van der Waals surface area contributed by atoms with Crippen molar-refractivity contribution in [2.24, 2.45) is 11.8 Å². The summed E-state index contributed by atoms with van der Waals surface area (Å²) in [5, 5.41) is 0.113. The largest absolute Gasteiger partial charge is 0.494 e. The van der Waals surface area contributed by atoms with Crippen molar-refractivity contribution in [1.82, 2.24) is 9.71 Å². The maximum Gasteiger partial charge on any atom is 0.471 e. The Morgan fingerprint density at radius 1 is 1.09 bits per heavy atom. The molecule has 0 bridgehead atoms. The lowest BCUT2D eigenvalue weighted by atomic mass is 9.59. The second kappa shape index (κ2) is 17.1. The Kier molecular flexibility index (Phi) is 12.9. The second-order valence-corrected chi connectivity index (χ2v) is 18.3. The molecule has 57 heavy (non-hydrogen) atoms. The molecule has 1 fully saturated rings. The van der Waals surface area contributed by atoms with E-state index in [9.17, 15) is 31.2 Å². The van der Waals surface area contributed by atoms with Crippen LogP contribution in [-0.4, -0.2) is 70.1 Å². The van der Waals surface area contributed by atoms with E-state index in [0.717, 1.165) is 61.6 Å². The van der Waals surface area contributed by atoms with Crippen LogP contribution in [0.2, 0.25) is 5.02 Å². The number of esters is 1. The molecule has 1 saturated carbocycles. The van der Waals surface area contributed by atoms with Crippen molar-refractivity contribution >= 4 is 39.2 Å². The Balaban J connectivity index is 1.31. The minimum atomic E-state index is -5.29. The highest BCUT2D eigenvalue weighted by atomic mass is 35.5. The van der Waals surface area contributed by atoms with Gasteiger partial charge in [0.05, 0.1) is 26.6 Å². The van der Waals surface area contributed by atoms with Crippen molar-refractivity contribution in [3.05, 3.63) is 82.1 Å². The fourth-order valence-corrected chi connectivity index (χ4v) is 10.1. The van der Waals surface area contributed by atoms with E-state index < -0.39 is 39.0 Å². The average Bonchev–Trinajstić information content (AvgIpc) is 3.44. The van der Waals surface area contributed by atoms with Gasteiger partial charge in [-0.05, 0) is 135 Å². The van der Waals surface area contributed by atoms with Gasteiger partial charge in [0.15, 0.2) is 0 Å². The highest BCUT2D eigenvalue weighted by molar-refractivity contribution is 7.88. The Bertz CT molecular complexity index is 2060. The number of methoxy groups -OCH3 is 1. The van der Waals surface area contributed by atoms with Crippen LogP contribution in [0.15, 0.2) is 54.7 Å². The van der Waals surface area contributed by atoms with Crippen molar-refractivity contribution in [3.63, 3.8) is 0 Å². The summed E-state index contributed by atoms with van der Waals surface area (Å²) in [6, 6.07) is 13.3. The first-order valence-electron chi connectivity index (χ1n) is 19.5. The van der Waals surface area contributed by atoms with Crippen LogP contribution in [0.3, 0.4) is 0 Å². The molecular weight excluding hydrogens is 783 g/mol. The Morgan fingerprint density at radius 2 is 1.84 bits per heavy atom. The zero-order valence-electron chi connectivity index (χ0n) is 32.8. The molecule has 1 N–H and O–H groups in total. The lowest BCUT2D eigenvalue weighted by molar-refractivity contribution is -0.174. The third-order valence-corrected chi connectivity index (χ3v) is 13.0. The highest BCUT2D eigenvalue weighted by Crippen LogP contribution is 2.58. The lowest BCUT2D eigenvalue weighted by Gasteiger charge is -2.51. The van der Waals surface area contributed by atoms with E-state index in [1.165, 1.54) is 29.8 Å². The molecule has 1 amide bonds. The number of hydrogen-bond donors (Lipinski definition) is 1. The minimum absolute atomic E-state index is 0.0270. The summed E-state index contributed by atoms with van der Waals surface area (Å²) in [4.78, 5) is 32.4. The van der Waals surface area contributed by atoms with Crippen LogP contribution < -0.4 is 19.1 Å². The molecular formula is C42H51ClF3N3O7S. The van der Waals surface area contributed by atoms with E-state index in [1.54, 1.807) is 6.20 Å². The number of benzene rings is 2. The van der Waals surface area contributed by atoms with E-state index in [-0.39, 0.29) is 61.4 Å². The number of halogens is 4. The highest BCUT2D eigenvalue weighted by Gasteiger charge is 2.60. The normalized spacial score (nSPS) is 23.6. The van der Waals surface area contributed by atoms with Gasteiger partial charge < -0.3 is 14.2 Å². The number of rotatable bonds is 14. The first kappa shape index (κ1) is 42.7. The van der Waals surface area contributed by atoms with Crippen molar-refractivity contribution in [2.45, 2.75) is 101 Å². The van der Waals surface area contributed by atoms with Gasteiger partial charge in [-0.3, -0.25) is 14.7 Å². The fraction of sp³-hybridized carbons (Fsp3) is 0.548. The standard InChI is InChI=1S/C42H51ClF3N3O7S/c1-27(26-56-36-14-20-47-35-11-5-8-28(2)37(35)36)22-30-23-29-12-13-33(55-21-7-19-48-57(4,52)53)25-34(29)40(30)15-17-41(18-16-40,39(51)54-3)49(38(50)42(44,45)46)32-10-6-9-31(43)24-32/h6,9-10,12-14,20,24-25,27-28,30,48H,5,7-8,11,15-19,21-23,26H2,1-4H3/t27-,28-,30+,40?,41?/m1/s1. The number of fused-ring (bicyclic) bond motifs is 3. The Labute approximate surface area is 337 Å². The Morgan fingerprint density at radius 3 is 2.53 bits per heavy atom. The number of hydrogen-bond acceptors (Lipinski definition) is 8. The van der Waals surface area contributed by atoms with Crippen LogP contribution in [-0.2, 0) is 42.6 Å². The third-order valence-electron chi connectivity index (χ3n) is 12.1. The van der Waals surface area contributed by atoms with Crippen LogP contribution in [0.1, 0.15) is 93.5 Å². The minimum Gasteiger partial charge on any atom is -0.494 e. The zero-order valence-corrected chi connectivity index (χ0v) is 34.4. The number of pyridine rings is 1.